The second-order valence-electron chi connectivity index (χ2n) is 4.63. The Morgan fingerprint density at radius 1 is 1.11 bits per heavy atom. The molecule has 0 aromatic heterocycles. The van der Waals surface area contributed by atoms with Gasteiger partial charge in [-0.25, -0.2) is 0 Å². The van der Waals surface area contributed by atoms with Crippen molar-refractivity contribution in [2.24, 2.45) is 0 Å². The third-order valence-electron chi connectivity index (χ3n) is 3.23. The van der Waals surface area contributed by atoms with Gasteiger partial charge in [0.1, 0.15) is 13.1 Å². The molecule has 1 aliphatic rings. The van der Waals surface area contributed by atoms with E-state index in [9.17, 15) is 0 Å². The fourth-order valence-corrected chi connectivity index (χ4v) is 5.00. The third-order valence-corrected chi connectivity index (χ3v) is 6.38. The lowest BCUT2D eigenvalue weighted by molar-refractivity contribution is -0.487. The topological polar surface area (TPSA) is 42.7 Å². The second-order valence-corrected chi connectivity index (χ2v) is 7.36. The predicted molar refractivity (Wildman–Crippen MR) is 78.7 cm³/mol. The molecule has 0 saturated carbocycles. The van der Waals surface area contributed by atoms with Crippen molar-refractivity contribution in [3.8, 4) is 0 Å². The second kappa shape index (κ2) is 8.68. The van der Waals surface area contributed by atoms with Gasteiger partial charge in [-0.15, -0.1) is 0 Å². The zero-order valence-corrected chi connectivity index (χ0v) is 13.8. The Kier molecular flexibility index (Phi) is 7.59. The summed E-state index contributed by atoms with van der Waals surface area (Å²) < 4.78 is 19.8. The minimum Gasteiger partial charge on any atom is -0.374 e. The average molecular weight is 289 g/mol. The van der Waals surface area contributed by atoms with Crippen molar-refractivity contribution in [1.29, 1.82) is 0 Å². The minimum absolute atomic E-state index is 0.654. The number of amidine groups is 1. The predicted octanol–water partition coefficient (Wildman–Crippen LogP) is 1.46. The molecular weight excluding hydrogens is 260 g/mol. The normalized spacial score (nSPS) is 16.0. The van der Waals surface area contributed by atoms with Gasteiger partial charge < -0.3 is 13.3 Å². The summed E-state index contributed by atoms with van der Waals surface area (Å²) in [4.78, 5) is 0. The van der Waals surface area contributed by atoms with Crippen LogP contribution in [0.4, 0.5) is 0 Å². The Hall–Kier alpha value is -0.433. The van der Waals surface area contributed by atoms with Crippen LogP contribution >= 0.6 is 0 Å². The van der Waals surface area contributed by atoms with Crippen LogP contribution in [0.2, 0.25) is 6.04 Å². The average Bonchev–Trinajstić information content (AvgIpc) is 2.76. The molecule has 0 saturated heterocycles. The zero-order valence-electron chi connectivity index (χ0n) is 12.8. The highest BCUT2D eigenvalue weighted by atomic mass is 28.4. The number of likely N-dealkylation sites (N-methyl/N-ethyl adjacent to an activating group) is 1. The Balaban J connectivity index is 2.49. The number of rotatable bonds is 10. The van der Waals surface area contributed by atoms with Crippen molar-refractivity contribution < 1.29 is 17.9 Å². The summed E-state index contributed by atoms with van der Waals surface area (Å²) in [6.45, 7) is 10.1. The van der Waals surface area contributed by atoms with Crippen LogP contribution in [0, 0.1) is 0 Å². The summed E-state index contributed by atoms with van der Waals surface area (Å²) >= 11 is 0. The van der Waals surface area contributed by atoms with Crippen molar-refractivity contribution in [2.45, 2.75) is 39.7 Å². The molecule has 0 aromatic carbocycles. The van der Waals surface area contributed by atoms with Gasteiger partial charge in [0.25, 0.3) is 0 Å². The highest BCUT2D eigenvalue weighted by molar-refractivity contribution is 6.60. The summed E-state index contributed by atoms with van der Waals surface area (Å²) in [6, 6.07) is 0.890. The number of nitrogens with one attached hydrogen (secondary N) is 1. The van der Waals surface area contributed by atoms with Crippen molar-refractivity contribution in [3.63, 3.8) is 0 Å². The molecule has 19 heavy (non-hydrogen) atoms. The molecule has 0 bridgehead atoms. The number of hydrogen-bond donors (Lipinski definition) is 1. The molecule has 0 aromatic rings. The fraction of sp³-hybridized carbons (Fsp3) is 0.923. The maximum Gasteiger partial charge on any atom is 0.500 e. The van der Waals surface area contributed by atoms with E-state index in [-0.39, 0.29) is 0 Å². The first-order valence-corrected chi connectivity index (χ1v) is 9.33. The van der Waals surface area contributed by atoms with Gasteiger partial charge in [0, 0.05) is 32.3 Å². The van der Waals surface area contributed by atoms with Crippen LogP contribution < -0.4 is 5.32 Å². The molecule has 0 spiro atoms. The summed E-state index contributed by atoms with van der Waals surface area (Å²) in [5.74, 6) is 1.33. The van der Waals surface area contributed by atoms with Gasteiger partial charge in [0.05, 0.1) is 7.05 Å². The first kappa shape index (κ1) is 16.6. The Morgan fingerprint density at radius 3 is 2.11 bits per heavy atom. The maximum absolute atomic E-state index is 5.85. The minimum atomic E-state index is -2.45. The lowest BCUT2D eigenvalue weighted by Crippen LogP contribution is -2.46. The molecule has 0 atom stereocenters. The van der Waals surface area contributed by atoms with Crippen LogP contribution in [0.15, 0.2) is 0 Å². The molecule has 1 N–H and O–H groups in total. The third kappa shape index (κ3) is 5.22. The van der Waals surface area contributed by atoms with E-state index in [0.717, 1.165) is 32.0 Å². The van der Waals surface area contributed by atoms with Gasteiger partial charge in [-0.1, -0.05) is 0 Å². The van der Waals surface area contributed by atoms with Crippen molar-refractivity contribution in [3.05, 3.63) is 0 Å². The molecule has 1 rings (SSSR count). The Bertz CT molecular complexity index is 281. The van der Waals surface area contributed by atoms with Gasteiger partial charge in [-0.05, 0) is 27.2 Å². The van der Waals surface area contributed by atoms with E-state index in [1.54, 1.807) is 0 Å². The molecule has 1 heterocycles. The van der Waals surface area contributed by atoms with Crippen molar-refractivity contribution in [2.75, 3.05) is 40.0 Å². The molecular formula is C13H29N2O3Si+. The van der Waals surface area contributed by atoms with Crippen LogP contribution in [-0.2, 0) is 13.3 Å². The highest BCUT2D eigenvalue weighted by Crippen LogP contribution is 2.19. The van der Waals surface area contributed by atoms with E-state index < -0.39 is 8.80 Å². The quantitative estimate of drug-likeness (QED) is 0.488. The Morgan fingerprint density at radius 2 is 1.68 bits per heavy atom. The standard InChI is InChI=1S/C13H28N2O3Si/c1-5-16-19(17-6-2,18-7-3)12-8-9-13-14-10-11-15(13)4/h5-12H2,1-4H3/p+1. The van der Waals surface area contributed by atoms with E-state index in [2.05, 4.69) is 16.9 Å². The summed E-state index contributed by atoms with van der Waals surface area (Å²) in [7, 11) is -0.317. The fourth-order valence-electron chi connectivity index (χ4n) is 2.39. The highest BCUT2D eigenvalue weighted by Gasteiger charge is 2.40. The van der Waals surface area contributed by atoms with Crippen LogP contribution in [-0.4, -0.2) is 59.2 Å². The lowest BCUT2D eigenvalue weighted by atomic mass is 10.3. The largest absolute Gasteiger partial charge is 0.500 e. The van der Waals surface area contributed by atoms with Gasteiger partial charge in [-0.2, -0.15) is 0 Å². The molecule has 0 amide bonds. The van der Waals surface area contributed by atoms with Crippen molar-refractivity contribution in [1.82, 2.24) is 5.32 Å². The van der Waals surface area contributed by atoms with E-state index in [1.165, 1.54) is 5.84 Å². The first-order valence-electron chi connectivity index (χ1n) is 7.40. The molecule has 5 nitrogen and oxygen atoms in total. The Labute approximate surface area is 118 Å². The number of nitrogens with zero attached hydrogens (tertiary/aromatic N) is 1. The van der Waals surface area contributed by atoms with E-state index >= 15 is 0 Å². The number of hydrogen-bond acceptors (Lipinski definition) is 4. The molecule has 1 aliphatic heterocycles. The van der Waals surface area contributed by atoms with Crippen molar-refractivity contribution >= 4 is 14.6 Å². The summed E-state index contributed by atoms with van der Waals surface area (Å²) in [5, 5.41) is 3.42. The lowest BCUT2D eigenvalue weighted by Gasteiger charge is -2.28. The van der Waals surface area contributed by atoms with Gasteiger partial charge in [0.2, 0.25) is 5.84 Å². The molecule has 6 heteroatoms. The van der Waals surface area contributed by atoms with Gasteiger partial charge in [0.15, 0.2) is 0 Å². The summed E-state index contributed by atoms with van der Waals surface area (Å²) in [6.07, 6.45) is 2.08. The molecule has 0 aliphatic carbocycles. The molecule has 112 valence electrons. The first-order chi connectivity index (χ1) is 9.17. The molecule has 0 fully saturated rings. The van der Waals surface area contributed by atoms with Crippen LogP contribution in [0.25, 0.3) is 0 Å². The van der Waals surface area contributed by atoms with E-state index in [4.69, 9.17) is 13.3 Å². The van der Waals surface area contributed by atoms with Crippen LogP contribution in [0.3, 0.4) is 0 Å². The SMILES string of the molecule is CCO[Si](CCCC1=[N+](C)CCN1)(OCC)OCC. The maximum atomic E-state index is 5.85. The molecule has 0 unspecified atom stereocenters. The monoisotopic (exact) mass is 289 g/mol. The molecule has 0 radical (unpaired) electrons. The zero-order chi connectivity index (χ0) is 14.1. The van der Waals surface area contributed by atoms with E-state index in [1.807, 2.05) is 20.8 Å². The van der Waals surface area contributed by atoms with Gasteiger partial charge >= 0.3 is 8.80 Å². The van der Waals surface area contributed by atoms with Crippen LogP contribution in [0.1, 0.15) is 33.6 Å². The van der Waals surface area contributed by atoms with E-state index in [0.29, 0.717) is 19.8 Å². The van der Waals surface area contributed by atoms with Crippen LogP contribution in [0.5, 0.6) is 0 Å². The smallest absolute Gasteiger partial charge is 0.374 e. The summed E-state index contributed by atoms with van der Waals surface area (Å²) in [5.41, 5.74) is 0. The van der Waals surface area contributed by atoms with Gasteiger partial charge in [-0.3, -0.25) is 9.89 Å².